The topological polar surface area (TPSA) is 65.0 Å². The maximum atomic E-state index is 12.1. The van der Waals surface area contributed by atoms with Crippen LogP contribution in [0.15, 0.2) is 24.4 Å². The van der Waals surface area contributed by atoms with Gasteiger partial charge in [0.1, 0.15) is 10.5 Å². The van der Waals surface area contributed by atoms with Gasteiger partial charge in [0.15, 0.2) is 0 Å². The zero-order valence-corrected chi connectivity index (χ0v) is 12.8. The van der Waals surface area contributed by atoms with Crippen LogP contribution in [0.3, 0.4) is 0 Å². The van der Waals surface area contributed by atoms with Crippen LogP contribution in [0, 0.1) is 0 Å². The van der Waals surface area contributed by atoms with Crippen LogP contribution >= 0.6 is 0 Å². The third-order valence-corrected chi connectivity index (χ3v) is 4.21. The smallest absolute Gasteiger partial charge is 0.136 e. The summed E-state index contributed by atoms with van der Waals surface area (Å²) < 4.78 is 14.8. The fourth-order valence-electron chi connectivity index (χ4n) is 1.60. The summed E-state index contributed by atoms with van der Waals surface area (Å²) in [4.78, 5) is 15.6. The Morgan fingerprint density at radius 2 is 2.16 bits per heavy atom. The maximum absolute atomic E-state index is 12.1. The van der Waals surface area contributed by atoms with Crippen LogP contribution in [0.1, 0.15) is 39.8 Å². The molecule has 0 saturated carbocycles. The number of hydrogen-bond acceptors (Lipinski definition) is 4. The molecule has 0 aliphatic heterocycles. The summed E-state index contributed by atoms with van der Waals surface area (Å²) in [6, 6.07) is 5.53. The summed E-state index contributed by atoms with van der Waals surface area (Å²) in [5, 5.41) is 0. The van der Waals surface area contributed by atoms with Gasteiger partial charge in [0, 0.05) is 36.1 Å². The molecule has 1 N–H and O–H groups in total. The van der Waals surface area contributed by atoms with E-state index in [2.05, 4.69) is 9.71 Å². The summed E-state index contributed by atoms with van der Waals surface area (Å²) >= 11 is -1.19. The second-order valence-electron chi connectivity index (χ2n) is 5.63. The number of rotatable bonds is 6. The van der Waals surface area contributed by atoms with Crippen molar-refractivity contribution in [1.82, 2.24) is 9.71 Å². The SMILES string of the molecule is CC(=O)CC(Cc1ccccn1)N[S+]([O-])C(C)(C)C. The molecular formula is C14H22N2O2S. The molecular weight excluding hydrogens is 260 g/mol. The zero-order chi connectivity index (χ0) is 14.5. The average Bonchev–Trinajstić information content (AvgIpc) is 2.28. The fourth-order valence-corrected chi connectivity index (χ4v) is 2.42. The highest BCUT2D eigenvalue weighted by Gasteiger charge is 2.29. The van der Waals surface area contributed by atoms with Crippen LogP contribution in [-0.4, -0.2) is 26.1 Å². The van der Waals surface area contributed by atoms with Gasteiger partial charge in [-0.15, -0.1) is 4.72 Å². The first-order chi connectivity index (χ1) is 8.79. The molecule has 0 amide bonds. The number of nitrogens with one attached hydrogen (secondary N) is 1. The Morgan fingerprint density at radius 1 is 1.47 bits per heavy atom. The summed E-state index contributed by atoms with van der Waals surface area (Å²) in [7, 11) is 0. The van der Waals surface area contributed by atoms with Crippen molar-refractivity contribution in [3.63, 3.8) is 0 Å². The van der Waals surface area contributed by atoms with Crippen molar-refractivity contribution in [2.75, 3.05) is 0 Å². The summed E-state index contributed by atoms with van der Waals surface area (Å²) in [6.07, 6.45) is 2.68. The van der Waals surface area contributed by atoms with Gasteiger partial charge in [-0.05, 0) is 39.8 Å². The van der Waals surface area contributed by atoms with Crippen LogP contribution in [0.5, 0.6) is 0 Å². The molecule has 0 aliphatic carbocycles. The maximum Gasteiger partial charge on any atom is 0.136 e. The molecule has 1 rings (SSSR count). The Bertz CT molecular complexity index is 404. The van der Waals surface area contributed by atoms with E-state index in [4.69, 9.17) is 0 Å². The molecule has 0 saturated heterocycles. The highest BCUT2D eigenvalue weighted by molar-refractivity contribution is 7.90. The molecule has 1 heterocycles. The number of aromatic nitrogens is 1. The Hall–Kier alpha value is -0.910. The number of Topliss-reactive ketones (excluding diaryl/α,β-unsaturated/α-hetero) is 1. The minimum Gasteiger partial charge on any atom is -0.598 e. The number of pyridine rings is 1. The molecule has 106 valence electrons. The lowest BCUT2D eigenvalue weighted by atomic mass is 10.1. The van der Waals surface area contributed by atoms with Crippen LogP contribution in [-0.2, 0) is 22.6 Å². The van der Waals surface area contributed by atoms with E-state index in [1.165, 1.54) is 0 Å². The van der Waals surface area contributed by atoms with Gasteiger partial charge < -0.3 is 4.55 Å². The molecule has 2 atom stereocenters. The number of nitrogens with zero attached hydrogens (tertiary/aromatic N) is 1. The molecule has 5 heteroatoms. The van der Waals surface area contributed by atoms with Gasteiger partial charge >= 0.3 is 0 Å². The molecule has 1 aromatic rings. The lowest BCUT2D eigenvalue weighted by molar-refractivity contribution is -0.117. The molecule has 0 fully saturated rings. The molecule has 0 radical (unpaired) electrons. The van der Waals surface area contributed by atoms with E-state index in [-0.39, 0.29) is 16.6 Å². The van der Waals surface area contributed by atoms with Crippen molar-refractivity contribution in [2.45, 2.75) is 51.3 Å². The van der Waals surface area contributed by atoms with E-state index in [0.717, 1.165) is 5.69 Å². The lowest BCUT2D eigenvalue weighted by Crippen LogP contribution is -2.46. The van der Waals surface area contributed by atoms with E-state index in [1.54, 1.807) is 13.1 Å². The first-order valence-electron chi connectivity index (χ1n) is 6.36. The molecule has 2 unspecified atom stereocenters. The fraction of sp³-hybridized carbons (Fsp3) is 0.571. The predicted molar refractivity (Wildman–Crippen MR) is 78.1 cm³/mol. The quantitative estimate of drug-likeness (QED) is 0.811. The molecule has 4 nitrogen and oxygen atoms in total. The minimum absolute atomic E-state index is 0.0827. The van der Waals surface area contributed by atoms with Crippen LogP contribution in [0.25, 0.3) is 0 Å². The third kappa shape index (κ3) is 6.18. The van der Waals surface area contributed by atoms with Crippen molar-refractivity contribution < 1.29 is 9.35 Å². The normalized spacial score (nSPS) is 15.0. The number of ketones is 1. The monoisotopic (exact) mass is 282 g/mol. The van der Waals surface area contributed by atoms with E-state index >= 15 is 0 Å². The van der Waals surface area contributed by atoms with Gasteiger partial charge in [-0.2, -0.15) is 0 Å². The van der Waals surface area contributed by atoms with Crippen molar-refractivity contribution >= 4 is 17.1 Å². The number of hydrogen-bond donors (Lipinski definition) is 1. The van der Waals surface area contributed by atoms with Crippen LogP contribution in [0.4, 0.5) is 0 Å². The summed E-state index contributed by atoms with van der Waals surface area (Å²) in [5.41, 5.74) is 0.896. The van der Waals surface area contributed by atoms with Crippen molar-refractivity contribution in [3.8, 4) is 0 Å². The van der Waals surface area contributed by atoms with Gasteiger partial charge in [-0.25, -0.2) is 0 Å². The Balaban J connectivity index is 2.70. The Morgan fingerprint density at radius 3 is 2.63 bits per heavy atom. The first kappa shape index (κ1) is 16.1. The van der Waals surface area contributed by atoms with E-state index in [0.29, 0.717) is 12.8 Å². The second-order valence-corrected chi connectivity index (χ2v) is 7.63. The summed E-state index contributed by atoms with van der Waals surface area (Å²) in [6.45, 7) is 7.26. The second kappa shape index (κ2) is 7.03. The molecule has 0 bridgehead atoms. The highest BCUT2D eigenvalue weighted by Crippen LogP contribution is 2.15. The molecule has 0 spiro atoms. The average molecular weight is 282 g/mol. The Labute approximate surface area is 118 Å². The summed E-state index contributed by atoms with van der Waals surface area (Å²) in [5.74, 6) is 0.0827. The number of carbonyl (C=O) groups is 1. The van der Waals surface area contributed by atoms with Gasteiger partial charge in [0.2, 0.25) is 0 Å². The van der Waals surface area contributed by atoms with Crippen LogP contribution in [0.2, 0.25) is 0 Å². The predicted octanol–water partition coefficient (Wildman–Crippen LogP) is 2.02. The van der Waals surface area contributed by atoms with Gasteiger partial charge in [-0.3, -0.25) is 9.78 Å². The van der Waals surface area contributed by atoms with Crippen molar-refractivity contribution in [2.24, 2.45) is 0 Å². The lowest BCUT2D eigenvalue weighted by Gasteiger charge is -2.27. The third-order valence-electron chi connectivity index (χ3n) is 2.55. The van der Waals surface area contributed by atoms with Crippen molar-refractivity contribution in [1.29, 1.82) is 0 Å². The Kier molecular flexibility index (Phi) is 5.97. The standard InChI is InChI=1S/C14H22N2O2S/c1-11(17)9-13(16-19(18)14(2,3)4)10-12-7-5-6-8-15-12/h5-8,13,16H,9-10H2,1-4H3. The van der Waals surface area contributed by atoms with E-state index in [1.807, 2.05) is 39.0 Å². The van der Waals surface area contributed by atoms with E-state index < -0.39 is 11.4 Å². The molecule has 0 aromatic carbocycles. The molecule has 0 aliphatic rings. The van der Waals surface area contributed by atoms with Gasteiger partial charge in [0.25, 0.3) is 0 Å². The van der Waals surface area contributed by atoms with Gasteiger partial charge in [-0.1, -0.05) is 6.07 Å². The van der Waals surface area contributed by atoms with E-state index in [9.17, 15) is 9.35 Å². The first-order valence-corrected chi connectivity index (χ1v) is 7.51. The molecule has 19 heavy (non-hydrogen) atoms. The minimum atomic E-state index is -1.19. The zero-order valence-electron chi connectivity index (χ0n) is 12.0. The largest absolute Gasteiger partial charge is 0.598 e. The highest BCUT2D eigenvalue weighted by atomic mass is 32.2. The van der Waals surface area contributed by atoms with Gasteiger partial charge in [0.05, 0.1) is 6.04 Å². The van der Waals surface area contributed by atoms with Crippen molar-refractivity contribution in [3.05, 3.63) is 30.1 Å². The molecule has 1 aromatic heterocycles. The number of carbonyl (C=O) groups excluding carboxylic acids is 1. The van der Waals surface area contributed by atoms with Crippen LogP contribution < -0.4 is 4.72 Å².